The molecule has 22 heavy (non-hydrogen) atoms. The summed E-state index contributed by atoms with van der Waals surface area (Å²) in [4.78, 5) is 15.3. The number of carbonyl (C=O) groups is 1. The van der Waals surface area contributed by atoms with E-state index >= 15 is 0 Å². The molecular weight excluding hydrogens is 326 g/mol. The summed E-state index contributed by atoms with van der Waals surface area (Å²) in [5, 5.41) is 3.39. The van der Waals surface area contributed by atoms with Gasteiger partial charge < -0.3 is 5.32 Å². The van der Waals surface area contributed by atoms with Gasteiger partial charge in [-0.15, -0.1) is 0 Å². The molecule has 0 spiro atoms. The maximum atomic E-state index is 12.2. The Kier molecular flexibility index (Phi) is 4.99. The van der Waals surface area contributed by atoms with Crippen molar-refractivity contribution in [2.24, 2.45) is 0 Å². The highest BCUT2D eigenvalue weighted by molar-refractivity contribution is 7.90. The Labute approximate surface area is 133 Å². The molecule has 8 heteroatoms. The second kappa shape index (κ2) is 6.76. The quantitative estimate of drug-likeness (QED) is 0.874. The zero-order valence-corrected chi connectivity index (χ0v) is 13.3. The van der Waals surface area contributed by atoms with Gasteiger partial charge in [0.2, 0.25) is 5.91 Å². The van der Waals surface area contributed by atoms with Gasteiger partial charge in [0, 0.05) is 23.3 Å². The Morgan fingerprint density at radius 3 is 2.73 bits per heavy atom. The molecule has 0 fully saturated rings. The van der Waals surface area contributed by atoms with E-state index in [1.54, 1.807) is 31.2 Å². The number of nitrogens with one attached hydrogen (secondary N) is 2. The molecule has 1 heterocycles. The van der Waals surface area contributed by atoms with Crippen LogP contribution in [0.15, 0.2) is 47.5 Å². The lowest BCUT2D eigenvalue weighted by Crippen LogP contribution is -2.30. The zero-order valence-electron chi connectivity index (χ0n) is 11.7. The molecule has 1 amide bonds. The molecule has 0 bridgehead atoms. The predicted octanol–water partition coefficient (Wildman–Crippen LogP) is 2.69. The average molecular weight is 340 g/mol. The summed E-state index contributed by atoms with van der Waals surface area (Å²) in [6.45, 7) is 1.57. The van der Waals surface area contributed by atoms with Gasteiger partial charge in [0.05, 0.1) is 0 Å². The Bertz CT molecular complexity index is 793. The molecule has 2 aromatic rings. The summed E-state index contributed by atoms with van der Waals surface area (Å²) in [6, 6.07) is 9.63. The van der Waals surface area contributed by atoms with Gasteiger partial charge >= 0.3 is 0 Å². The molecule has 0 aliphatic heterocycles. The number of halogens is 1. The van der Waals surface area contributed by atoms with Crippen molar-refractivity contribution in [1.82, 2.24) is 9.71 Å². The van der Waals surface area contributed by atoms with Gasteiger partial charge in [-0.1, -0.05) is 24.6 Å². The first-order valence-corrected chi connectivity index (χ1v) is 8.31. The number of hydrogen-bond donors (Lipinski definition) is 2. The third kappa shape index (κ3) is 3.96. The molecule has 0 unspecified atom stereocenters. The van der Waals surface area contributed by atoms with Crippen molar-refractivity contribution in [2.45, 2.75) is 18.2 Å². The van der Waals surface area contributed by atoms with Crippen LogP contribution in [0.1, 0.15) is 13.3 Å². The fourth-order valence-electron chi connectivity index (χ4n) is 1.68. The Morgan fingerprint density at radius 2 is 2.05 bits per heavy atom. The van der Waals surface area contributed by atoms with Crippen molar-refractivity contribution >= 4 is 39.0 Å². The van der Waals surface area contributed by atoms with Gasteiger partial charge in [-0.2, -0.15) is 0 Å². The number of pyridine rings is 1. The molecule has 116 valence electrons. The first-order valence-electron chi connectivity index (χ1n) is 6.45. The van der Waals surface area contributed by atoms with E-state index in [1.807, 2.05) is 4.72 Å². The third-order valence-corrected chi connectivity index (χ3v) is 4.36. The number of sulfonamides is 1. The monoisotopic (exact) mass is 339 g/mol. The van der Waals surface area contributed by atoms with Crippen LogP contribution in [0.2, 0.25) is 5.02 Å². The highest BCUT2D eigenvalue weighted by Crippen LogP contribution is 2.24. The number of aromatic nitrogens is 1. The molecule has 1 aromatic heterocycles. The lowest BCUT2D eigenvalue weighted by molar-refractivity contribution is -0.119. The minimum absolute atomic E-state index is 0.0660. The molecule has 0 saturated heterocycles. The predicted molar refractivity (Wildman–Crippen MR) is 84.6 cm³/mol. The van der Waals surface area contributed by atoms with Gasteiger partial charge in [-0.25, -0.2) is 18.1 Å². The van der Waals surface area contributed by atoms with Crippen molar-refractivity contribution in [1.29, 1.82) is 0 Å². The van der Waals surface area contributed by atoms with E-state index in [2.05, 4.69) is 10.3 Å². The summed E-state index contributed by atoms with van der Waals surface area (Å²) in [6.07, 6.45) is 1.52. The van der Waals surface area contributed by atoms with Crippen molar-refractivity contribution in [2.75, 3.05) is 5.32 Å². The first kappa shape index (κ1) is 16.3. The van der Waals surface area contributed by atoms with Crippen LogP contribution in [0.4, 0.5) is 11.5 Å². The van der Waals surface area contributed by atoms with Crippen LogP contribution in [0, 0.1) is 0 Å². The smallest absolute Gasteiger partial charge is 0.267 e. The zero-order chi connectivity index (χ0) is 16.2. The summed E-state index contributed by atoms with van der Waals surface area (Å²) < 4.78 is 26.5. The van der Waals surface area contributed by atoms with Crippen molar-refractivity contribution in [3.63, 3.8) is 0 Å². The van der Waals surface area contributed by atoms with Gasteiger partial charge in [-0.05, 0) is 30.3 Å². The van der Waals surface area contributed by atoms with Crippen LogP contribution in [0.5, 0.6) is 0 Å². The molecule has 2 rings (SSSR count). The second-order valence-electron chi connectivity index (χ2n) is 4.37. The molecular formula is C14H14ClN3O3S. The van der Waals surface area contributed by atoms with E-state index in [1.165, 1.54) is 18.3 Å². The normalized spacial score (nSPS) is 11.0. The SMILES string of the molecule is CCC(=O)NS(=O)(=O)c1cccnc1Nc1cccc(Cl)c1. The van der Waals surface area contributed by atoms with E-state index in [0.717, 1.165) is 0 Å². The second-order valence-corrected chi connectivity index (χ2v) is 6.45. The molecule has 0 radical (unpaired) electrons. The standard InChI is InChI=1S/C14H14ClN3O3S/c1-2-13(19)18-22(20,21)12-7-4-8-16-14(12)17-11-6-3-5-10(15)9-11/h3-9H,2H2,1H3,(H,16,17)(H,18,19). The third-order valence-electron chi connectivity index (χ3n) is 2.72. The topological polar surface area (TPSA) is 88.2 Å². The first-order chi connectivity index (χ1) is 10.4. The van der Waals surface area contributed by atoms with Gasteiger partial charge in [0.15, 0.2) is 5.82 Å². The number of rotatable bonds is 5. The van der Waals surface area contributed by atoms with Gasteiger partial charge in [0.1, 0.15) is 4.90 Å². The maximum Gasteiger partial charge on any atom is 0.267 e. The highest BCUT2D eigenvalue weighted by Gasteiger charge is 2.21. The van der Waals surface area contributed by atoms with Crippen LogP contribution in [-0.4, -0.2) is 19.3 Å². The molecule has 0 aliphatic carbocycles. The van der Waals surface area contributed by atoms with Crippen LogP contribution >= 0.6 is 11.6 Å². The van der Waals surface area contributed by atoms with Crippen molar-refractivity contribution in [3.05, 3.63) is 47.6 Å². The van der Waals surface area contributed by atoms with E-state index in [-0.39, 0.29) is 17.1 Å². The largest absolute Gasteiger partial charge is 0.339 e. The molecule has 1 aromatic carbocycles. The van der Waals surface area contributed by atoms with Crippen LogP contribution in [0.3, 0.4) is 0 Å². The number of benzene rings is 1. The number of carbonyl (C=O) groups excluding carboxylic acids is 1. The lowest BCUT2D eigenvalue weighted by atomic mass is 10.3. The van der Waals surface area contributed by atoms with Crippen molar-refractivity contribution in [3.8, 4) is 0 Å². The van der Waals surface area contributed by atoms with Crippen molar-refractivity contribution < 1.29 is 13.2 Å². The fourth-order valence-corrected chi connectivity index (χ4v) is 3.04. The Morgan fingerprint density at radius 1 is 1.27 bits per heavy atom. The molecule has 2 N–H and O–H groups in total. The number of nitrogens with zero attached hydrogens (tertiary/aromatic N) is 1. The average Bonchev–Trinajstić information content (AvgIpc) is 2.47. The minimum Gasteiger partial charge on any atom is -0.339 e. The van der Waals surface area contributed by atoms with E-state index in [9.17, 15) is 13.2 Å². The van der Waals surface area contributed by atoms with E-state index in [4.69, 9.17) is 11.6 Å². The molecule has 0 atom stereocenters. The van der Waals surface area contributed by atoms with Crippen LogP contribution in [-0.2, 0) is 14.8 Å². The number of hydrogen-bond acceptors (Lipinski definition) is 5. The molecule has 0 saturated carbocycles. The molecule has 0 aliphatic rings. The molecule has 6 nitrogen and oxygen atoms in total. The maximum absolute atomic E-state index is 12.2. The Hall–Kier alpha value is -2.12. The Balaban J connectivity index is 2.36. The summed E-state index contributed by atoms with van der Waals surface area (Å²) >= 11 is 5.89. The fraction of sp³-hybridized carbons (Fsp3) is 0.143. The van der Waals surface area contributed by atoms with E-state index in [0.29, 0.717) is 10.7 Å². The lowest BCUT2D eigenvalue weighted by Gasteiger charge is -2.12. The summed E-state index contributed by atoms with van der Waals surface area (Å²) in [5.41, 5.74) is 0.587. The summed E-state index contributed by atoms with van der Waals surface area (Å²) in [7, 11) is -3.99. The highest BCUT2D eigenvalue weighted by atomic mass is 35.5. The van der Waals surface area contributed by atoms with Crippen LogP contribution in [0.25, 0.3) is 0 Å². The van der Waals surface area contributed by atoms with E-state index < -0.39 is 15.9 Å². The summed E-state index contributed by atoms with van der Waals surface area (Å²) in [5.74, 6) is -0.473. The van der Waals surface area contributed by atoms with Crippen LogP contribution < -0.4 is 10.0 Å². The minimum atomic E-state index is -3.99. The number of anilines is 2. The van der Waals surface area contributed by atoms with Gasteiger partial charge in [-0.3, -0.25) is 4.79 Å². The number of amides is 1. The van der Waals surface area contributed by atoms with Gasteiger partial charge in [0.25, 0.3) is 10.0 Å².